The van der Waals surface area contributed by atoms with Gasteiger partial charge >= 0.3 is 0 Å². The van der Waals surface area contributed by atoms with Crippen molar-refractivity contribution in [1.29, 1.82) is 0 Å². The lowest BCUT2D eigenvalue weighted by molar-refractivity contribution is 0.670. The monoisotopic (exact) mass is 904 g/mol. The lowest BCUT2D eigenvalue weighted by atomic mass is 9.93. The quantitative estimate of drug-likeness (QED) is 0.142. The molecule has 12 aromatic carbocycles. The Balaban J connectivity index is 0.901. The van der Waals surface area contributed by atoms with Crippen molar-refractivity contribution in [2.75, 3.05) is 4.90 Å². The minimum Gasteiger partial charge on any atom is -0.455 e. The molecule has 0 aliphatic heterocycles. The highest BCUT2D eigenvalue weighted by molar-refractivity contribution is 6.14. The summed E-state index contributed by atoms with van der Waals surface area (Å²) in [6.45, 7) is 0. The van der Waals surface area contributed by atoms with Crippen molar-refractivity contribution in [3.63, 3.8) is 0 Å². The third kappa shape index (κ3) is 6.82. The van der Waals surface area contributed by atoms with Crippen molar-refractivity contribution in [2.24, 2.45) is 0 Å². The van der Waals surface area contributed by atoms with Gasteiger partial charge in [-0.15, -0.1) is 0 Å². The standard InChI is InChI=1S/C68H44N2O/c1-2-24-54-50(17-1)44-63(58-27-4-3-26-57(54)58)49-21-15-23-53(43-49)69(51-39-37-45(38-40-51)56-31-16-32-62-61-30-8-12-36-67(61)71-68(56)62)52-22-14-19-47(42-52)46-18-13-20-48(41-46)55-25-5-9-33-64(55)70-65-34-10-6-28-59(65)60-29-7-11-35-66(60)70/h1-44H. The SMILES string of the molecule is c1cc(-c2cccc(N(c3ccc(-c4cccc5c4oc4ccccc45)cc3)c3cccc(-c4cc5ccccc5c5ccccc45)c3)c2)cc(-c2ccccc2-n2c3ccccc3c3ccccc32)c1. The molecular weight excluding hydrogens is 861 g/mol. The summed E-state index contributed by atoms with van der Waals surface area (Å²) in [5.74, 6) is 0. The van der Waals surface area contributed by atoms with Gasteiger partial charge in [-0.3, -0.25) is 0 Å². The maximum absolute atomic E-state index is 6.51. The molecule has 3 heteroatoms. The van der Waals surface area contributed by atoms with Crippen LogP contribution in [0.5, 0.6) is 0 Å². The normalized spacial score (nSPS) is 11.7. The number of aromatic nitrogens is 1. The van der Waals surface area contributed by atoms with E-state index in [1.807, 2.05) is 12.1 Å². The minimum atomic E-state index is 0.898. The Bertz CT molecular complexity index is 4310. The Morgan fingerprint density at radius 2 is 0.803 bits per heavy atom. The first-order valence-corrected chi connectivity index (χ1v) is 24.3. The molecule has 2 aromatic heterocycles. The molecule has 3 nitrogen and oxygen atoms in total. The van der Waals surface area contributed by atoms with Gasteiger partial charge in [0.15, 0.2) is 0 Å². The first-order valence-electron chi connectivity index (χ1n) is 24.3. The Labute approximate surface area is 411 Å². The van der Waals surface area contributed by atoms with Crippen LogP contribution in [-0.4, -0.2) is 4.57 Å². The van der Waals surface area contributed by atoms with Gasteiger partial charge in [-0.1, -0.05) is 194 Å². The van der Waals surface area contributed by atoms with Crippen LogP contribution >= 0.6 is 0 Å². The molecule has 2 heterocycles. The molecule has 0 unspecified atom stereocenters. The van der Waals surface area contributed by atoms with Gasteiger partial charge in [0.25, 0.3) is 0 Å². The van der Waals surface area contributed by atoms with E-state index in [-0.39, 0.29) is 0 Å². The third-order valence-electron chi connectivity index (χ3n) is 14.4. The van der Waals surface area contributed by atoms with Crippen LogP contribution in [0.2, 0.25) is 0 Å². The number of para-hydroxylation sites is 5. The van der Waals surface area contributed by atoms with Gasteiger partial charge in [0, 0.05) is 49.7 Å². The number of furan rings is 1. The fourth-order valence-corrected chi connectivity index (χ4v) is 11.1. The second kappa shape index (κ2) is 16.7. The Hall–Kier alpha value is -9.44. The molecule has 14 rings (SSSR count). The van der Waals surface area contributed by atoms with E-state index in [1.54, 1.807) is 0 Å². The fourth-order valence-electron chi connectivity index (χ4n) is 11.1. The summed E-state index contributed by atoms with van der Waals surface area (Å²) >= 11 is 0. The van der Waals surface area contributed by atoms with Crippen LogP contribution in [0.3, 0.4) is 0 Å². The van der Waals surface area contributed by atoms with E-state index >= 15 is 0 Å². The number of anilines is 3. The van der Waals surface area contributed by atoms with Crippen molar-refractivity contribution < 1.29 is 4.42 Å². The van der Waals surface area contributed by atoms with Gasteiger partial charge < -0.3 is 13.9 Å². The number of hydrogen-bond donors (Lipinski definition) is 0. The van der Waals surface area contributed by atoms with Crippen molar-refractivity contribution in [3.8, 4) is 50.2 Å². The summed E-state index contributed by atoms with van der Waals surface area (Å²) in [6, 6.07) is 96.8. The van der Waals surface area contributed by atoms with Crippen LogP contribution < -0.4 is 4.90 Å². The van der Waals surface area contributed by atoms with E-state index in [9.17, 15) is 0 Å². The second-order valence-corrected chi connectivity index (χ2v) is 18.4. The summed E-state index contributed by atoms with van der Waals surface area (Å²) in [7, 11) is 0. The summed E-state index contributed by atoms with van der Waals surface area (Å²) in [6.07, 6.45) is 0. The molecule has 0 saturated carbocycles. The summed E-state index contributed by atoms with van der Waals surface area (Å²) < 4.78 is 8.93. The highest BCUT2D eigenvalue weighted by atomic mass is 16.3. The molecule has 0 radical (unpaired) electrons. The van der Waals surface area contributed by atoms with Gasteiger partial charge in [-0.25, -0.2) is 0 Å². The minimum absolute atomic E-state index is 0.898. The molecule has 14 aromatic rings. The second-order valence-electron chi connectivity index (χ2n) is 18.4. The first kappa shape index (κ1) is 40.6. The Kier molecular flexibility index (Phi) is 9.53. The summed E-state index contributed by atoms with van der Waals surface area (Å²) in [5, 5.41) is 9.74. The Morgan fingerprint density at radius 3 is 1.56 bits per heavy atom. The van der Waals surface area contributed by atoms with Crippen molar-refractivity contribution in [2.45, 2.75) is 0 Å². The summed E-state index contributed by atoms with van der Waals surface area (Å²) in [4.78, 5) is 2.39. The third-order valence-corrected chi connectivity index (χ3v) is 14.4. The molecule has 0 N–H and O–H groups in total. The number of benzene rings is 12. The predicted octanol–water partition coefficient (Wildman–Crippen LogP) is 19.1. The van der Waals surface area contributed by atoms with Crippen LogP contribution in [0, 0.1) is 0 Å². The predicted molar refractivity (Wildman–Crippen MR) is 299 cm³/mol. The molecule has 0 spiro atoms. The van der Waals surface area contributed by atoms with Gasteiger partial charge in [-0.2, -0.15) is 0 Å². The zero-order valence-corrected chi connectivity index (χ0v) is 38.7. The van der Waals surface area contributed by atoms with Crippen molar-refractivity contribution in [1.82, 2.24) is 4.57 Å². The fraction of sp³-hybridized carbons (Fsp3) is 0. The van der Waals surface area contributed by atoms with E-state index in [2.05, 4.69) is 264 Å². The van der Waals surface area contributed by atoms with Gasteiger partial charge in [-0.05, 0) is 128 Å². The van der Waals surface area contributed by atoms with Crippen LogP contribution in [0.15, 0.2) is 271 Å². The first-order chi connectivity index (χ1) is 35.2. The van der Waals surface area contributed by atoms with Gasteiger partial charge in [0.05, 0.1) is 16.7 Å². The van der Waals surface area contributed by atoms with Crippen LogP contribution in [-0.2, 0) is 0 Å². The average molecular weight is 905 g/mol. The molecule has 71 heavy (non-hydrogen) atoms. The maximum atomic E-state index is 6.51. The Morgan fingerprint density at radius 1 is 0.282 bits per heavy atom. The van der Waals surface area contributed by atoms with Crippen molar-refractivity contribution in [3.05, 3.63) is 267 Å². The molecular formula is C68H44N2O. The molecule has 0 aliphatic rings. The molecule has 0 amide bonds. The maximum Gasteiger partial charge on any atom is 0.143 e. The zero-order chi connectivity index (χ0) is 46.8. The number of nitrogens with zero attached hydrogens (tertiary/aromatic N) is 2. The van der Waals surface area contributed by atoms with Crippen LogP contribution in [0.25, 0.3) is 115 Å². The van der Waals surface area contributed by atoms with Crippen LogP contribution in [0.1, 0.15) is 0 Å². The van der Waals surface area contributed by atoms with Gasteiger partial charge in [0.2, 0.25) is 0 Å². The van der Waals surface area contributed by atoms with E-state index in [1.165, 1.54) is 54.5 Å². The van der Waals surface area contributed by atoms with E-state index in [0.717, 1.165) is 78.1 Å². The summed E-state index contributed by atoms with van der Waals surface area (Å²) in [5.41, 5.74) is 17.7. The topological polar surface area (TPSA) is 21.3 Å². The molecule has 0 atom stereocenters. The largest absolute Gasteiger partial charge is 0.455 e. The molecule has 0 bridgehead atoms. The van der Waals surface area contributed by atoms with Gasteiger partial charge in [0.1, 0.15) is 11.2 Å². The zero-order valence-electron chi connectivity index (χ0n) is 38.7. The molecule has 0 saturated heterocycles. The highest BCUT2D eigenvalue weighted by Crippen LogP contribution is 2.44. The number of fused-ring (bicyclic) bond motifs is 9. The number of rotatable bonds is 8. The van der Waals surface area contributed by atoms with E-state index < -0.39 is 0 Å². The van der Waals surface area contributed by atoms with E-state index in [4.69, 9.17) is 4.42 Å². The average Bonchev–Trinajstić information content (AvgIpc) is 3.99. The van der Waals surface area contributed by atoms with E-state index in [0.29, 0.717) is 0 Å². The lowest BCUT2D eigenvalue weighted by Gasteiger charge is -2.27. The smallest absolute Gasteiger partial charge is 0.143 e. The highest BCUT2D eigenvalue weighted by Gasteiger charge is 2.19. The number of hydrogen-bond acceptors (Lipinski definition) is 2. The molecule has 332 valence electrons. The molecule has 0 aliphatic carbocycles. The molecule has 0 fully saturated rings. The van der Waals surface area contributed by atoms with Crippen molar-refractivity contribution >= 4 is 82.4 Å². The lowest BCUT2D eigenvalue weighted by Crippen LogP contribution is -2.10. The van der Waals surface area contributed by atoms with Crippen LogP contribution in [0.4, 0.5) is 17.1 Å².